The maximum atomic E-state index is 13.3. The number of nitrogens with two attached hydrogens (primary N) is 1. The molecular formula is C12H15FN2O4S. The van der Waals surface area contributed by atoms with Crippen LogP contribution < -0.4 is 5.73 Å². The van der Waals surface area contributed by atoms with E-state index in [1.54, 1.807) is 0 Å². The topological polar surface area (TPSA) is 101 Å². The fraction of sp³-hybridized carbons (Fsp3) is 0.417. The van der Waals surface area contributed by atoms with Gasteiger partial charge < -0.3 is 10.8 Å². The van der Waals surface area contributed by atoms with Gasteiger partial charge in [0.05, 0.1) is 10.5 Å². The molecule has 1 aromatic carbocycles. The average molecular weight is 302 g/mol. The Morgan fingerprint density at radius 1 is 1.35 bits per heavy atom. The first-order valence-electron chi connectivity index (χ1n) is 6.11. The lowest BCUT2D eigenvalue weighted by Gasteiger charge is -2.29. The van der Waals surface area contributed by atoms with Gasteiger partial charge in [0.2, 0.25) is 10.0 Å². The van der Waals surface area contributed by atoms with Crippen LogP contribution in [-0.4, -0.2) is 42.9 Å². The Morgan fingerprint density at radius 3 is 2.50 bits per heavy atom. The molecule has 2 rings (SSSR count). The molecule has 1 heterocycles. The van der Waals surface area contributed by atoms with Crippen LogP contribution in [-0.2, 0) is 10.0 Å². The van der Waals surface area contributed by atoms with E-state index >= 15 is 0 Å². The van der Waals surface area contributed by atoms with Crippen molar-refractivity contribution in [2.24, 2.45) is 5.73 Å². The van der Waals surface area contributed by atoms with E-state index in [0.29, 0.717) is 12.8 Å². The minimum Gasteiger partial charge on any atom is -0.478 e. The molecule has 1 aromatic rings. The van der Waals surface area contributed by atoms with Gasteiger partial charge in [-0.05, 0) is 31.0 Å². The predicted octanol–water partition coefficient (Wildman–Crippen LogP) is 0.636. The third kappa shape index (κ3) is 2.82. The Bertz CT molecular complexity index is 624. The predicted molar refractivity (Wildman–Crippen MR) is 69.3 cm³/mol. The normalized spacial score (nSPS) is 18.1. The second kappa shape index (κ2) is 5.47. The van der Waals surface area contributed by atoms with Gasteiger partial charge >= 0.3 is 5.97 Å². The zero-order valence-electron chi connectivity index (χ0n) is 10.6. The summed E-state index contributed by atoms with van der Waals surface area (Å²) in [4.78, 5) is 10.6. The molecule has 110 valence electrons. The molecule has 0 aliphatic carbocycles. The highest BCUT2D eigenvalue weighted by molar-refractivity contribution is 7.89. The summed E-state index contributed by atoms with van der Waals surface area (Å²) in [5, 5.41) is 8.84. The largest absolute Gasteiger partial charge is 0.478 e. The van der Waals surface area contributed by atoms with Crippen LogP contribution in [0.15, 0.2) is 23.1 Å². The molecule has 6 nitrogen and oxygen atoms in total. The van der Waals surface area contributed by atoms with E-state index < -0.39 is 27.4 Å². The second-order valence-electron chi connectivity index (χ2n) is 4.69. The van der Waals surface area contributed by atoms with Crippen LogP contribution in [0.4, 0.5) is 4.39 Å². The van der Waals surface area contributed by atoms with E-state index in [-0.39, 0.29) is 24.0 Å². The summed E-state index contributed by atoms with van der Waals surface area (Å²) in [6, 6.07) is 2.75. The monoisotopic (exact) mass is 302 g/mol. The zero-order valence-corrected chi connectivity index (χ0v) is 11.4. The number of carboxylic acids is 1. The quantitative estimate of drug-likeness (QED) is 0.853. The van der Waals surface area contributed by atoms with Gasteiger partial charge in [0.1, 0.15) is 5.82 Å². The highest BCUT2D eigenvalue weighted by atomic mass is 32.2. The molecule has 0 saturated carbocycles. The fourth-order valence-electron chi connectivity index (χ4n) is 2.09. The van der Waals surface area contributed by atoms with Crippen LogP contribution in [0.25, 0.3) is 0 Å². The zero-order chi connectivity index (χ0) is 14.9. The van der Waals surface area contributed by atoms with Crippen molar-refractivity contribution >= 4 is 16.0 Å². The van der Waals surface area contributed by atoms with Crippen LogP contribution in [0.2, 0.25) is 0 Å². The number of hydrogen-bond donors (Lipinski definition) is 2. The van der Waals surface area contributed by atoms with Gasteiger partial charge in [-0.2, -0.15) is 4.31 Å². The molecule has 1 aliphatic rings. The molecule has 0 amide bonds. The average Bonchev–Trinajstić information content (AvgIpc) is 2.39. The van der Waals surface area contributed by atoms with E-state index in [2.05, 4.69) is 0 Å². The highest BCUT2D eigenvalue weighted by Gasteiger charge is 2.29. The van der Waals surface area contributed by atoms with E-state index in [0.717, 1.165) is 18.2 Å². The van der Waals surface area contributed by atoms with Gasteiger partial charge in [-0.1, -0.05) is 0 Å². The Morgan fingerprint density at radius 2 is 1.95 bits per heavy atom. The summed E-state index contributed by atoms with van der Waals surface area (Å²) < 4.78 is 39.2. The van der Waals surface area contributed by atoms with Crippen molar-refractivity contribution in [2.75, 3.05) is 13.1 Å². The van der Waals surface area contributed by atoms with Crippen molar-refractivity contribution < 1.29 is 22.7 Å². The van der Waals surface area contributed by atoms with E-state index in [1.165, 1.54) is 4.31 Å². The number of carboxylic acid groups (broad SMARTS) is 1. The maximum Gasteiger partial charge on any atom is 0.338 e. The summed E-state index contributed by atoms with van der Waals surface area (Å²) >= 11 is 0. The summed E-state index contributed by atoms with van der Waals surface area (Å²) in [6.45, 7) is 0.562. The summed E-state index contributed by atoms with van der Waals surface area (Å²) in [5.41, 5.74) is 5.06. The third-order valence-electron chi connectivity index (χ3n) is 3.30. The van der Waals surface area contributed by atoms with Crippen molar-refractivity contribution in [1.82, 2.24) is 4.31 Å². The molecule has 1 fully saturated rings. The molecule has 0 spiro atoms. The van der Waals surface area contributed by atoms with Gasteiger partial charge in [0.25, 0.3) is 0 Å². The van der Waals surface area contributed by atoms with Gasteiger partial charge in [-0.3, -0.25) is 0 Å². The molecule has 0 aromatic heterocycles. The van der Waals surface area contributed by atoms with Gasteiger partial charge in [-0.25, -0.2) is 17.6 Å². The standard InChI is InChI=1S/C12H15FN2O4S/c13-11-2-1-9(7-10(11)12(16)17)20(18,19)15-5-3-8(14)4-6-15/h1-2,7-8H,3-6,14H2,(H,16,17). The number of aromatic carboxylic acids is 1. The molecule has 1 aliphatic heterocycles. The number of piperidine rings is 1. The van der Waals surface area contributed by atoms with Crippen LogP contribution in [0.3, 0.4) is 0 Å². The molecule has 0 unspecified atom stereocenters. The minimum atomic E-state index is -3.81. The lowest BCUT2D eigenvalue weighted by Crippen LogP contribution is -2.42. The molecule has 0 radical (unpaired) electrons. The fourth-order valence-corrected chi connectivity index (χ4v) is 3.59. The number of benzene rings is 1. The van der Waals surface area contributed by atoms with Crippen molar-refractivity contribution in [3.05, 3.63) is 29.6 Å². The van der Waals surface area contributed by atoms with Crippen molar-refractivity contribution in [1.29, 1.82) is 0 Å². The first-order chi connectivity index (χ1) is 9.32. The van der Waals surface area contributed by atoms with Crippen LogP contribution in [0.5, 0.6) is 0 Å². The highest BCUT2D eigenvalue weighted by Crippen LogP contribution is 2.22. The summed E-state index contributed by atoms with van der Waals surface area (Å²) in [6.07, 6.45) is 1.10. The Balaban J connectivity index is 2.35. The minimum absolute atomic E-state index is 0.0238. The van der Waals surface area contributed by atoms with Crippen molar-refractivity contribution in [2.45, 2.75) is 23.8 Å². The van der Waals surface area contributed by atoms with Gasteiger partial charge in [0.15, 0.2) is 0 Å². The smallest absolute Gasteiger partial charge is 0.338 e. The van der Waals surface area contributed by atoms with Crippen LogP contribution >= 0.6 is 0 Å². The number of carbonyl (C=O) groups is 1. The summed E-state index contributed by atoms with van der Waals surface area (Å²) in [7, 11) is -3.81. The molecule has 3 N–H and O–H groups in total. The lowest BCUT2D eigenvalue weighted by atomic mass is 10.1. The maximum absolute atomic E-state index is 13.3. The number of halogens is 1. The van der Waals surface area contributed by atoms with Gasteiger partial charge in [0, 0.05) is 19.1 Å². The Labute approximate surface area is 116 Å². The van der Waals surface area contributed by atoms with Crippen LogP contribution in [0.1, 0.15) is 23.2 Å². The Hall–Kier alpha value is -1.51. The van der Waals surface area contributed by atoms with Crippen LogP contribution in [0, 0.1) is 5.82 Å². The van der Waals surface area contributed by atoms with Crippen molar-refractivity contribution in [3.8, 4) is 0 Å². The molecule has 0 bridgehead atoms. The molecule has 8 heteroatoms. The van der Waals surface area contributed by atoms with Gasteiger partial charge in [-0.15, -0.1) is 0 Å². The van der Waals surface area contributed by atoms with E-state index in [4.69, 9.17) is 10.8 Å². The number of hydrogen-bond acceptors (Lipinski definition) is 4. The third-order valence-corrected chi connectivity index (χ3v) is 5.20. The summed E-state index contributed by atoms with van der Waals surface area (Å²) in [5.74, 6) is -2.46. The first-order valence-corrected chi connectivity index (χ1v) is 7.55. The SMILES string of the molecule is NC1CCN(S(=O)(=O)c2ccc(F)c(C(=O)O)c2)CC1. The van der Waals surface area contributed by atoms with E-state index in [9.17, 15) is 17.6 Å². The first kappa shape index (κ1) is 14.9. The number of rotatable bonds is 3. The number of sulfonamides is 1. The van der Waals surface area contributed by atoms with Crippen molar-refractivity contribution in [3.63, 3.8) is 0 Å². The second-order valence-corrected chi connectivity index (χ2v) is 6.63. The Kier molecular flexibility index (Phi) is 4.07. The molecular weight excluding hydrogens is 287 g/mol. The van der Waals surface area contributed by atoms with E-state index in [1.807, 2.05) is 0 Å². The molecule has 1 saturated heterocycles. The number of nitrogens with zero attached hydrogens (tertiary/aromatic N) is 1. The molecule has 20 heavy (non-hydrogen) atoms. The molecule has 0 atom stereocenters. The lowest BCUT2D eigenvalue weighted by molar-refractivity contribution is 0.0691.